The van der Waals surface area contributed by atoms with Gasteiger partial charge in [0.1, 0.15) is 17.2 Å². The van der Waals surface area contributed by atoms with Crippen molar-refractivity contribution in [3.05, 3.63) is 87.7 Å². The molecule has 0 aliphatic rings. The zero-order chi connectivity index (χ0) is 26.5. The number of nitrogen functional groups attached to an aromatic ring is 1. The van der Waals surface area contributed by atoms with Gasteiger partial charge in [0.25, 0.3) is 11.5 Å². The molecule has 0 saturated carbocycles. The number of alkyl halides is 3. The Hall–Kier alpha value is -4.65. The maximum absolute atomic E-state index is 14.1. The van der Waals surface area contributed by atoms with E-state index in [0.717, 1.165) is 12.4 Å². The smallest absolute Gasteiger partial charge is 0.384 e. The van der Waals surface area contributed by atoms with Crippen LogP contribution in [0.4, 0.5) is 24.7 Å². The fourth-order valence-corrected chi connectivity index (χ4v) is 4.02. The predicted molar refractivity (Wildman–Crippen MR) is 130 cm³/mol. The van der Waals surface area contributed by atoms with E-state index in [9.17, 15) is 22.8 Å². The molecule has 0 aliphatic heterocycles. The molecule has 0 fully saturated rings. The standard InChI is InChI=1S/C23H16ClF3N8O2/c1-33-18(28)9-17(32-33)19-16(24)8-13(10-29-19)31-21(36)15-11-30-35(20(15)23(25,26)27)34-7-6-12-4-2-3-5-14(12)22(34)37/h2-11H,28H2,1H3,(H,31,36). The molecule has 5 aromatic rings. The fourth-order valence-electron chi connectivity index (χ4n) is 3.75. The minimum Gasteiger partial charge on any atom is -0.384 e. The fraction of sp³-hybridized carbons (Fsp3) is 0.0870. The summed E-state index contributed by atoms with van der Waals surface area (Å²) in [5.41, 5.74) is 3.49. The molecule has 0 unspecified atom stereocenters. The van der Waals surface area contributed by atoms with Crippen molar-refractivity contribution in [2.24, 2.45) is 7.05 Å². The predicted octanol–water partition coefficient (Wildman–Crippen LogP) is 3.81. The van der Waals surface area contributed by atoms with Crippen molar-refractivity contribution >= 4 is 39.8 Å². The third-order valence-electron chi connectivity index (χ3n) is 5.52. The number of hydrogen-bond acceptors (Lipinski definition) is 6. The summed E-state index contributed by atoms with van der Waals surface area (Å²) in [6.45, 7) is 0. The number of carbonyl (C=O) groups is 1. The first kappa shape index (κ1) is 24.1. The zero-order valence-corrected chi connectivity index (χ0v) is 19.6. The lowest BCUT2D eigenvalue weighted by atomic mass is 10.2. The van der Waals surface area contributed by atoms with Gasteiger partial charge in [-0.05, 0) is 23.6 Å². The number of aromatic nitrogens is 6. The molecule has 1 amide bonds. The highest BCUT2D eigenvalue weighted by molar-refractivity contribution is 6.33. The van der Waals surface area contributed by atoms with Gasteiger partial charge in [-0.15, -0.1) is 0 Å². The maximum atomic E-state index is 14.1. The summed E-state index contributed by atoms with van der Waals surface area (Å²) in [6, 6.07) is 10.8. The van der Waals surface area contributed by atoms with Crippen molar-refractivity contribution < 1.29 is 18.0 Å². The summed E-state index contributed by atoms with van der Waals surface area (Å²) in [4.78, 5) is 30.3. The molecule has 0 spiro atoms. The van der Waals surface area contributed by atoms with E-state index in [0.29, 0.717) is 26.4 Å². The molecular formula is C23H16ClF3N8O2. The Morgan fingerprint density at radius 1 is 1.14 bits per heavy atom. The van der Waals surface area contributed by atoms with Gasteiger partial charge in [-0.2, -0.15) is 28.2 Å². The molecule has 10 nitrogen and oxygen atoms in total. The van der Waals surface area contributed by atoms with Gasteiger partial charge in [0.05, 0.1) is 28.7 Å². The van der Waals surface area contributed by atoms with Crippen molar-refractivity contribution in [2.45, 2.75) is 6.18 Å². The van der Waals surface area contributed by atoms with Crippen LogP contribution < -0.4 is 16.6 Å². The number of benzene rings is 1. The Labute approximate surface area is 210 Å². The van der Waals surface area contributed by atoms with E-state index in [2.05, 4.69) is 20.5 Å². The van der Waals surface area contributed by atoms with E-state index in [1.807, 2.05) is 0 Å². The molecule has 5 rings (SSSR count). The van der Waals surface area contributed by atoms with Crippen LogP contribution in [0.3, 0.4) is 0 Å². The van der Waals surface area contributed by atoms with Crippen LogP contribution in [0.15, 0.2) is 65.8 Å². The number of nitrogens with zero attached hydrogens (tertiary/aromatic N) is 6. The van der Waals surface area contributed by atoms with Gasteiger partial charge in [-0.3, -0.25) is 19.3 Å². The van der Waals surface area contributed by atoms with Crippen LogP contribution in [0, 0.1) is 0 Å². The van der Waals surface area contributed by atoms with Crippen molar-refractivity contribution in [1.29, 1.82) is 0 Å². The molecule has 0 bridgehead atoms. The first-order valence-corrected chi connectivity index (χ1v) is 11.0. The summed E-state index contributed by atoms with van der Waals surface area (Å²) in [7, 11) is 1.63. The van der Waals surface area contributed by atoms with Gasteiger partial charge >= 0.3 is 6.18 Å². The molecule has 188 valence electrons. The molecule has 0 saturated heterocycles. The Morgan fingerprint density at radius 2 is 1.89 bits per heavy atom. The summed E-state index contributed by atoms with van der Waals surface area (Å²) in [6.07, 6.45) is -1.91. The number of anilines is 2. The Bertz CT molecular complexity index is 1720. The number of amides is 1. The third kappa shape index (κ3) is 4.29. The average Bonchev–Trinajstić information content (AvgIpc) is 3.43. The zero-order valence-electron chi connectivity index (χ0n) is 18.9. The molecule has 4 aromatic heterocycles. The van der Waals surface area contributed by atoms with E-state index in [1.54, 1.807) is 31.3 Å². The van der Waals surface area contributed by atoms with Crippen LogP contribution in [0.2, 0.25) is 5.02 Å². The molecule has 0 aliphatic carbocycles. The van der Waals surface area contributed by atoms with Crippen LogP contribution in [0.1, 0.15) is 16.1 Å². The summed E-state index contributed by atoms with van der Waals surface area (Å²) < 4.78 is 44.4. The summed E-state index contributed by atoms with van der Waals surface area (Å²) >= 11 is 6.27. The van der Waals surface area contributed by atoms with Crippen LogP contribution in [0.25, 0.3) is 22.2 Å². The maximum Gasteiger partial charge on any atom is 0.435 e. The van der Waals surface area contributed by atoms with Gasteiger partial charge < -0.3 is 11.1 Å². The molecule has 0 radical (unpaired) electrons. The van der Waals surface area contributed by atoms with Gasteiger partial charge in [0.2, 0.25) is 0 Å². The van der Waals surface area contributed by atoms with Crippen molar-refractivity contribution in [3.8, 4) is 11.4 Å². The van der Waals surface area contributed by atoms with E-state index in [4.69, 9.17) is 17.3 Å². The van der Waals surface area contributed by atoms with Crippen molar-refractivity contribution in [1.82, 2.24) is 29.3 Å². The average molecular weight is 529 g/mol. The topological polar surface area (TPSA) is 126 Å². The van der Waals surface area contributed by atoms with E-state index in [1.165, 1.54) is 29.1 Å². The Morgan fingerprint density at radius 3 is 2.57 bits per heavy atom. The van der Waals surface area contributed by atoms with Crippen molar-refractivity contribution in [2.75, 3.05) is 11.1 Å². The lowest BCUT2D eigenvalue weighted by Crippen LogP contribution is -2.31. The van der Waals surface area contributed by atoms with Gasteiger partial charge in [-0.25, -0.2) is 4.68 Å². The van der Waals surface area contributed by atoms with E-state index < -0.39 is 28.9 Å². The largest absolute Gasteiger partial charge is 0.435 e. The van der Waals surface area contributed by atoms with Gasteiger partial charge in [-0.1, -0.05) is 29.8 Å². The number of nitrogens with one attached hydrogen (secondary N) is 1. The summed E-state index contributed by atoms with van der Waals surface area (Å²) in [5, 5.41) is 11.0. The second kappa shape index (κ2) is 8.78. The number of rotatable bonds is 4. The monoisotopic (exact) mass is 528 g/mol. The molecular weight excluding hydrogens is 513 g/mol. The van der Waals surface area contributed by atoms with Gasteiger partial charge in [0, 0.05) is 24.7 Å². The number of aryl methyl sites for hydroxylation is 1. The quantitative estimate of drug-likeness (QED) is 0.365. The number of carbonyl (C=O) groups excluding carboxylic acids is 1. The van der Waals surface area contributed by atoms with E-state index in [-0.39, 0.29) is 21.8 Å². The number of nitrogens with two attached hydrogens (primary N) is 1. The van der Waals surface area contributed by atoms with Crippen LogP contribution in [-0.2, 0) is 13.2 Å². The molecule has 4 heterocycles. The number of fused-ring (bicyclic) bond motifs is 1. The molecule has 3 N–H and O–H groups in total. The van der Waals surface area contributed by atoms with Crippen LogP contribution in [0.5, 0.6) is 0 Å². The highest BCUT2D eigenvalue weighted by atomic mass is 35.5. The number of hydrogen-bond donors (Lipinski definition) is 2. The minimum atomic E-state index is -5.02. The second-order valence-corrected chi connectivity index (χ2v) is 8.34. The minimum absolute atomic E-state index is 0.0337. The molecule has 37 heavy (non-hydrogen) atoms. The lowest BCUT2D eigenvalue weighted by molar-refractivity contribution is -0.145. The first-order chi connectivity index (χ1) is 17.5. The second-order valence-electron chi connectivity index (χ2n) is 7.93. The molecule has 1 aromatic carbocycles. The molecule has 0 atom stereocenters. The lowest BCUT2D eigenvalue weighted by Gasteiger charge is -2.14. The normalized spacial score (nSPS) is 11.7. The first-order valence-electron chi connectivity index (χ1n) is 10.6. The highest BCUT2D eigenvalue weighted by Gasteiger charge is 2.41. The molecule has 14 heteroatoms. The van der Waals surface area contributed by atoms with E-state index >= 15 is 0 Å². The summed E-state index contributed by atoms with van der Waals surface area (Å²) in [5.74, 6) is -0.757. The third-order valence-corrected chi connectivity index (χ3v) is 5.81. The Kier molecular flexibility index (Phi) is 5.71. The number of pyridine rings is 2. The van der Waals surface area contributed by atoms with Gasteiger partial charge in [0.15, 0.2) is 5.69 Å². The highest BCUT2D eigenvalue weighted by Crippen LogP contribution is 2.33. The number of halogens is 4. The Balaban J connectivity index is 1.51. The van der Waals surface area contributed by atoms with Crippen LogP contribution >= 0.6 is 11.6 Å². The van der Waals surface area contributed by atoms with Crippen molar-refractivity contribution in [3.63, 3.8) is 0 Å². The van der Waals surface area contributed by atoms with Crippen LogP contribution in [-0.4, -0.2) is 35.2 Å². The SMILES string of the molecule is Cn1nc(-c2ncc(NC(=O)c3cnn(-n4ccc5ccccc5c4=O)c3C(F)(F)F)cc2Cl)cc1N.